The van der Waals surface area contributed by atoms with Gasteiger partial charge in [0.15, 0.2) is 0 Å². The predicted molar refractivity (Wildman–Crippen MR) is 96.8 cm³/mol. The molecule has 0 heterocycles. The first kappa shape index (κ1) is 22.4. The number of carboxylic acids is 1. The number of rotatable bonds is 14. The fraction of sp³-hybridized carbons (Fsp3) is 0.684. The van der Waals surface area contributed by atoms with E-state index in [-0.39, 0.29) is 12.3 Å². The second-order valence-electron chi connectivity index (χ2n) is 6.10. The fourth-order valence-electron chi connectivity index (χ4n) is 2.21. The van der Waals surface area contributed by atoms with Crippen LogP contribution >= 0.6 is 0 Å². The first-order valence-corrected chi connectivity index (χ1v) is 8.94. The molecule has 5 nitrogen and oxygen atoms in total. The van der Waals surface area contributed by atoms with Gasteiger partial charge in [0.2, 0.25) is 5.91 Å². The predicted octanol–water partition coefficient (Wildman–Crippen LogP) is 3.53. The standard InChI is InChI=1S/C19H33NO4/c1-3-4-7-12-17(21)13-8-6-11-16-20(2)18(22)14-9-5-10-15-19(23)24/h6,8,11,13,17,21H,3-5,7,9-10,12,14-16H2,1-2H3,(H,23,24)/b11-6+,13-8+. The highest BCUT2D eigenvalue weighted by Gasteiger charge is 2.06. The van der Waals surface area contributed by atoms with Crippen molar-refractivity contribution in [1.82, 2.24) is 4.90 Å². The van der Waals surface area contributed by atoms with E-state index in [2.05, 4.69) is 6.92 Å². The third kappa shape index (κ3) is 14.0. The van der Waals surface area contributed by atoms with Crippen LogP contribution in [0.4, 0.5) is 0 Å². The van der Waals surface area contributed by atoms with Crippen molar-refractivity contribution in [1.29, 1.82) is 0 Å². The highest BCUT2D eigenvalue weighted by molar-refractivity contribution is 5.75. The van der Waals surface area contributed by atoms with E-state index in [4.69, 9.17) is 5.11 Å². The second kappa shape index (κ2) is 14.9. The maximum absolute atomic E-state index is 11.9. The van der Waals surface area contributed by atoms with Crippen molar-refractivity contribution in [3.63, 3.8) is 0 Å². The fourth-order valence-corrected chi connectivity index (χ4v) is 2.21. The van der Waals surface area contributed by atoms with Crippen LogP contribution in [0.2, 0.25) is 0 Å². The molecule has 0 aliphatic carbocycles. The van der Waals surface area contributed by atoms with E-state index in [9.17, 15) is 14.7 Å². The van der Waals surface area contributed by atoms with Crippen LogP contribution in [0.25, 0.3) is 0 Å². The van der Waals surface area contributed by atoms with E-state index < -0.39 is 12.1 Å². The lowest BCUT2D eigenvalue weighted by molar-refractivity contribution is -0.137. The topological polar surface area (TPSA) is 77.8 Å². The summed E-state index contributed by atoms with van der Waals surface area (Å²) in [6.45, 7) is 2.67. The van der Waals surface area contributed by atoms with Crippen molar-refractivity contribution in [3.8, 4) is 0 Å². The number of carbonyl (C=O) groups excluding carboxylic acids is 1. The number of hydrogen-bond donors (Lipinski definition) is 2. The number of hydrogen-bond acceptors (Lipinski definition) is 3. The average Bonchev–Trinajstić information content (AvgIpc) is 2.53. The minimum Gasteiger partial charge on any atom is -0.481 e. The van der Waals surface area contributed by atoms with Crippen LogP contribution in [-0.2, 0) is 9.59 Å². The molecule has 138 valence electrons. The molecule has 1 atom stereocenters. The van der Waals surface area contributed by atoms with E-state index in [1.807, 2.05) is 18.2 Å². The highest BCUT2D eigenvalue weighted by Crippen LogP contribution is 2.06. The van der Waals surface area contributed by atoms with Crippen molar-refractivity contribution in [2.45, 2.75) is 70.8 Å². The summed E-state index contributed by atoms with van der Waals surface area (Å²) in [5.41, 5.74) is 0. The maximum atomic E-state index is 11.9. The summed E-state index contributed by atoms with van der Waals surface area (Å²) >= 11 is 0. The lowest BCUT2D eigenvalue weighted by Crippen LogP contribution is -2.26. The van der Waals surface area contributed by atoms with Gasteiger partial charge in [-0.2, -0.15) is 0 Å². The molecule has 24 heavy (non-hydrogen) atoms. The Hall–Kier alpha value is -1.62. The van der Waals surface area contributed by atoms with Crippen LogP contribution in [0, 0.1) is 0 Å². The van der Waals surface area contributed by atoms with Gasteiger partial charge in [-0.1, -0.05) is 56.9 Å². The summed E-state index contributed by atoms with van der Waals surface area (Å²) in [7, 11) is 1.76. The van der Waals surface area contributed by atoms with Crippen molar-refractivity contribution >= 4 is 11.9 Å². The van der Waals surface area contributed by atoms with Crippen molar-refractivity contribution < 1.29 is 19.8 Å². The Kier molecular flexibility index (Phi) is 13.9. The number of aliphatic hydroxyl groups excluding tert-OH is 1. The molecule has 1 unspecified atom stereocenters. The number of carboxylic acid groups (broad SMARTS) is 1. The van der Waals surface area contributed by atoms with E-state index in [0.717, 1.165) is 38.5 Å². The summed E-state index contributed by atoms with van der Waals surface area (Å²) in [5.74, 6) is -0.717. The van der Waals surface area contributed by atoms with Crippen LogP contribution in [0.3, 0.4) is 0 Å². The molecule has 0 fully saturated rings. The first-order valence-electron chi connectivity index (χ1n) is 8.94. The number of amides is 1. The normalized spacial score (nSPS) is 12.8. The van der Waals surface area contributed by atoms with E-state index in [1.165, 1.54) is 0 Å². The third-order valence-electron chi connectivity index (χ3n) is 3.77. The van der Waals surface area contributed by atoms with Gasteiger partial charge in [-0.05, 0) is 19.3 Å². The van der Waals surface area contributed by atoms with E-state index in [0.29, 0.717) is 19.4 Å². The lowest BCUT2D eigenvalue weighted by Gasteiger charge is -2.14. The van der Waals surface area contributed by atoms with Crippen molar-refractivity contribution in [2.75, 3.05) is 13.6 Å². The molecule has 0 aromatic rings. The Morgan fingerprint density at radius 2 is 1.75 bits per heavy atom. The van der Waals surface area contributed by atoms with Gasteiger partial charge < -0.3 is 15.1 Å². The van der Waals surface area contributed by atoms with Crippen LogP contribution in [0.5, 0.6) is 0 Å². The Morgan fingerprint density at radius 3 is 2.42 bits per heavy atom. The number of carbonyl (C=O) groups is 2. The Balaban J connectivity index is 3.79. The summed E-state index contributed by atoms with van der Waals surface area (Å²) in [4.78, 5) is 23.9. The van der Waals surface area contributed by atoms with Gasteiger partial charge in [0, 0.05) is 26.4 Å². The summed E-state index contributed by atoms with van der Waals surface area (Å²) in [6, 6.07) is 0. The molecule has 0 saturated carbocycles. The Bertz CT molecular complexity index is 404. The summed E-state index contributed by atoms with van der Waals surface area (Å²) < 4.78 is 0. The van der Waals surface area contributed by atoms with Crippen LogP contribution in [0.1, 0.15) is 64.7 Å². The molecular weight excluding hydrogens is 306 g/mol. The number of aliphatic carboxylic acids is 1. The number of allylic oxidation sites excluding steroid dienone is 2. The summed E-state index contributed by atoms with van der Waals surface area (Å²) in [5, 5.41) is 18.3. The molecule has 0 aromatic heterocycles. The molecule has 0 saturated heterocycles. The molecule has 0 spiro atoms. The van der Waals surface area contributed by atoms with Gasteiger partial charge in [0.1, 0.15) is 0 Å². The SMILES string of the molecule is CCCCCC(O)/C=C/C=C/CN(C)C(=O)CCCCCC(=O)O. The van der Waals surface area contributed by atoms with Gasteiger partial charge in [-0.3, -0.25) is 9.59 Å². The average molecular weight is 339 g/mol. The molecule has 1 amide bonds. The largest absolute Gasteiger partial charge is 0.481 e. The van der Waals surface area contributed by atoms with Gasteiger partial charge >= 0.3 is 5.97 Å². The number of unbranched alkanes of at least 4 members (excludes halogenated alkanes) is 4. The zero-order valence-corrected chi connectivity index (χ0v) is 15.1. The second-order valence-corrected chi connectivity index (χ2v) is 6.10. The Labute approximate surface area is 146 Å². The molecule has 0 rings (SSSR count). The number of nitrogens with zero attached hydrogens (tertiary/aromatic N) is 1. The molecule has 0 bridgehead atoms. The third-order valence-corrected chi connectivity index (χ3v) is 3.77. The van der Waals surface area contributed by atoms with Gasteiger partial charge in [-0.15, -0.1) is 0 Å². The smallest absolute Gasteiger partial charge is 0.303 e. The number of aliphatic hydroxyl groups is 1. The molecule has 5 heteroatoms. The van der Waals surface area contributed by atoms with Crippen molar-refractivity contribution in [3.05, 3.63) is 24.3 Å². The zero-order valence-electron chi connectivity index (χ0n) is 15.1. The van der Waals surface area contributed by atoms with Crippen molar-refractivity contribution in [2.24, 2.45) is 0 Å². The van der Waals surface area contributed by atoms with Crippen LogP contribution < -0.4 is 0 Å². The zero-order chi connectivity index (χ0) is 18.2. The van der Waals surface area contributed by atoms with E-state index in [1.54, 1.807) is 18.0 Å². The van der Waals surface area contributed by atoms with Gasteiger partial charge in [0.25, 0.3) is 0 Å². The lowest BCUT2D eigenvalue weighted by atomic mass is 10.1. The minimum absolute atomic E-state index is 0.0681. The van der Waals surface area contributed by atoms with E-state index >= 15 is 0 Å². The van der Waals surface area contributed by atoms with Crippen LogP contribution in [-0.4, -0.2) is 46.7 Å². The minimum atomic E-state index is -0.785. The molecule has 0 radical (unpaired) electrons. The molecule has 2 N–H and O–H groups in total. The Morgan fingerprint density at radius 1 is 1.04 bits per heavy atom. The molecule has 0 aliphatic rings. The highest BCUT2D eigenvalue weighted by atomic mass is 16.4. The molecular formula is C19H33NO4. The van der Waals surface area contributed by atoms with Gasteiger partial charge in [0.05, 0.1) is 6.10 Å². The maximum Gasteiger partial charge on any atom is 0.303 e. The van der Waals surface area contributed by atoms with Gasteiger partial charge in [-0.25, -0.2) is 0 Å². The number of likely N-dealkylation sites (N-methyl/N-ethyl adjacent to an activating group) is 1. The monoisotopic (exact) mass is 339 g/mol. The first-order chi connectivity index (χ1) is 11.5. The molecule has 0 aromatic carbocycles. The summed E-state index contributed by atoms with van der Waals surface area (Å²) in [6.07, 6.45) is 13.8. The molecule has 0 aliphatic heterocycles. The van der Waals surface area contributed by atoms with Crippen LogP contribution in [0.15, 0.2) is 24.3 Å². The quantitative estimate of drug-likeness (QED) is 0.375.